The number of benzene rings is 1. The maximum Gasteiger partial charge on any atom is 0.417 e. The maximum absolute atomic E-state index is 13.8. The molecule has 0 atom stereocenters. The van der Waals surface area contributed by atoms with Crippen LogP contribution in [-0.4, -0.2) is 18.0 Å². The summed E-state index contributed by atoms with van der Waals surface area (Å²) in [5.41, 5.74) is -0.841. The number of alkyl halides is 3. The molecule has 0 spiro atoms. The molecule has 0 aromatic heterocycles. The molecule has 1 aromatic rings. The Balaban J connectivity index is 2.16. The molecular weight excluding hydrogens is 352 g/mol. The zero-order valence-corrected chi connectivity index (χ0v) is 12.6. The van der Waals surface area contributed by atoms with Gasteiger partial charge in [0.2, 0.25) is 0 Å². The topological polar surface area (TPSA) is 27.0 Å². The smallest absolute Gasteiger partial charge is 0.299 e. The minimum atomic E-state index is -4.52. The van der Waals surface area contributed by atoms with E-state index < -0.39 is 17.6 Å². The Kier molecular flexibility index (Phi) is 4.89. The van der Waals surface area contributed by atoms with Crippen LogP contribution >= 0.6 is 15.9 Å². The summed E-state index contributed by atoms with van der Waals surface area (Å²) in [5, 5.41) is 8.81. The Morgan fingerprint density at radius 3 is 2.43 bits per heavy atom. The molecule has 1 saturated heterocycles. The first kappa shape index (κ1) is 16.2. The molecule has 1 aliphatic heterocycles. The number of likely N-dealkylation sites (tertiary alicyclic amines) is 1. The first-order valence-electron chi connectivity index (χ1n) is 6.48. The fraction of sp³-hybridized carbons (Fsp3) is 0.500. The van der Waals surface area contributed by atoms with Gasteiger partial charge in [0, 0.05) is 22.5 Å². The van der Waals surface area contributed by atoms with Gasteiger partial charge in [0.25, 0.3) is 0 Å². The average Bonchev–Trinajstić information content (AvgIpc) is 2.41. The lowest BCUT2D eigenvalue weighted by Gasteiger charge is -2.29. The Labute approximate surface area is 128 Å². The molecule has 21 heavy (non-hydrogen) atoms. The third-order valence-corrected chi connectivity index (χ3v) is 4.26. The van der Waals surface area contributed by atoms with Gasteiger partial charge >= 0.3 is 6.18 Å². The van der Waals surface area contributed by atoms with Crippen molar-refractivity contribution in [1.82, 2.24) is 4.90 Å². The minimum absolute atomic E-state index is 0.0123. The van der Waals surface area contributed by atoms with Crippen LogP contribution < -0.4 is 0 Å². The number of piperidine rings is 1. The van der Waals surface area contributed by atoms with Gasteiger partial charge in [-0.25, -0.2) is 4.39 Å². The molecule has 0 unspecified atom stereocenters. The Morgan fingerprint density at radius 2 is 1.90 bits per heavy atom. The van der Waals surface area contributed by atoms with Crippen molar-refractivity contribution < 1.29 is 17.6 Å². The zero-order chi connectivity index (χ0) is 15.6. The van der Waals surface area contributed by atoms with Crippen LogP contribution in [0.4, 0.5) is 17.6 Å². The van der Waals surface area contributed by atoms with Crippen LogP contribution in [0.1, 0.15) is 24.0 Å². The lowest BCUT2D eigenvalue weighted by atomic mass is 9.98. The van der Waals surface area contributed by atoms with Gasteiger partial charge in [0.05, 0.1) is 11.6 Å². The van der Waals surface area contributed by atoms with E-state index >= 15 is 0 Å². The van der Waals surface area contributed by atoms with Crippen molar-refractivity contribution in [3.8, 4) is 6.07 Å². The second-order valence-electron chi connectivity index (χ2n) is 5.10. The van der Waals surface area contributed by atoms with Crippen molar-refractivity contribution in [3.05, 3.63) is 33.5 Å². The summed E-state index contributed by atoms with van der Waals surface area (Å²) < 4.78 is 52.0. The van der Waals surface area contributed by atoms with Gasteiger partial charge in [-0.05, 0) is 38.1 Å². The summed E-state index contributed by atoms with van der Waals surface area (Å²) in [6.45, 7) is 1.31. The number of nitriles is 1. The Morgan fingerprint density at radius 1 is 1.29 bits per heavy atom. The highest BCUT2D eigenvalue weighted by molar-refractivity contribution is 9.10. The van der Waals surface area contributed by atoms with E-state index in [9.17, 15) is 17.6 Å². The highest BCUT2D eigenvalue weighted by Crippen LogP contribution is 2.36. The molecule has 0 aliphatic carbocycles. The molecule has 0 bridgehead atoms. The van der Waals surface area contributed by atoms with Crippen molar-refractivity contribution in [2.24, 2.45) is 5.92 Å². The molecule has 2 nitrogen and oxygen atoms in total. The summed E-state index contributed by atoms with van der Waals surface area (Å²) in [5.74, 6) is -0.668. The zero-order valence-electron chi connectivity index (χ0n) is 11.1. The molecule has 2 rings (SSSR count). The summed E-state index contributed by atoms with van der Waals surface area (Å²) in [4.78, 5) is 1.88. The standard InChI is InChI=1S/C14H13BrF4N2/c15-12-6-13(16)10(5-11(12)14(17,18)19)8-21-3-1-9(7-20)2-4-21/h5-6,9H,1-4,8H2. The van der Waals surface area contributed by atoms with Gasteiger partial charge in [0.1, 0.15) is 5.82 Å². The number of hydrogen-bond acceptors (Lipinski definition) is 2. The lowest BCUT2D eigenvalue weighted by Crippen LogP contribution is -2.33. The number of rotatable bonds is 2. The fourth-order valence-corrected chi connectivity index (χ4v) is 2.93. The minimum Gasteiger partial charge on any atom is -0.299 e. The Hall–Kier alpha value is -1.13. The van der Waals surface area contributed by atoms with Crippen molar-refractivity contribution in [3.63, 3.8) is 0 Å². The average molecular weight is 365 g/mol. The van der Waals surface area contributed by atoms with Gasteiger partial charge < -0.3 is 0 Å². The molecule has 7 heteroatoms. The number of hydrogen-bond donors (Lipinski definition) is 0. The highest BCUT2D eigenvalue weighted by atomic mass is 79.9. The van der Waals surface area contributed by atoms with Crippen LogP contribution in [-0.2, 0) is 12.7 Å². The summed E-state index contributed by atoms with van der Waals surface area (Å²) in [6, 6.07) is 3.90. The van der Waals surface area contributed by atoms with Crippen molar-refractivity contribution in [2.45, 2.75) is 25.6 Å². The van der Waals surface area contributed by atoms with E-state index in [0.717, 1.165) is 12.1 Å². The van der Waals surface area contributed by atoms with Crippen molar-refractivity contribution in [1.29, 1.82) is 5.26 Å². The van der Waals surface area contributed by atoms with Crippen LogP contribution in [0.2, 0.25) is 0 Å². The molecule has 0 radical (unpaired) electrons. The molecular formula is C14H13BrF4N2. The maximum atomic E-state index is 13.8. The van der Waals surface area contributed by atoms with E-state index in [4.69, 9.17) is 5.26 Å². The van der Waals surface area contributed by atoms with Gasteiger partial charge in [-0.15, -0.1) is 0 Å². The van der Waals surface area contributed by atoms with Crippen LogP contribution in [0.25, 0.3) is 0 Å². The molecule has 114 valence electrons. The molecule has 0 amide bonds. The highest BCUT2D eigenvalue weighted by Gasteiger charge is 2.34. The van der Waals surface area contributed by atoms with Crippen LogP contribution in [0, 0.1) is 23.1 Å². The van der Waals surface area contributed by atoms with Crippen molar-refractivity contribution >= 4 is 15.9 Å². The third kappa shape index (κ3) is 3.95. The second-order valence-corrected chi connectivity index (χ2v) is 5.96. The summed E-state index contributed by atoms with van der Waals surface area (Å²) in [6.07, 6.45) is -3.18. The van der Waals surface area contributed by atoms with E-state index in [-0.39, 0.29) is 22.5 Å². The van der Waals surface area contributed by atoms with Crippen LogP contribution in [0.3, 0.4) is 0 Å². The second kappa shape index (κ2) is 6.32. The van der Waals surface area contributed by atoms with E-state index in [1.54, 1.807) is 0 Å². The van der Waals surface area contributed by atoms with Crippen LogP contribution in [0.5, 0.6) is 0 Å². The van der Waals surface area contributed by atoms with Gasteiger partial charge in [0.15, 0.2) is 0 Å². The van der Waals surface area contributed by atoms with E-state index in [1.165, 1.54) is 0 Å². The number of halogens is 5. The monoisotopic (exact) mass is 364 g/mol. The van der Waals surface area contributed by atoms with Gasteiger partial charge in [-0.2, -0.15) is 18.4 Å². The normalized spacial score (nSPS) is 17.7. The third-order valence-electron chi connectivity index (χ3n) is 3.61. The van der Waals surface area contributed by atoms with Gasteiger partial charge in [-0.1, -0.05) is 15.9 Å². The fourth-order valence-electron chi connectivity index (χ4n) is 2.39. The van der Waals surface area contributed by atoms with E-state index in [0.29, 0.717) is 25.9 Å². The lowest BCUT2D eigenvalue weighted by molar-refractivity contribution is -0.138. The van der Waals surface area contributed by atoms with E-state index in [2.05, 4.69) is 22.0 Å². The largest absolute Gasteiger partial charge is 0.417 e. The molecule has 1 aromatic carbocycles. The first-order valence-corrected chi connectivity index (χ1v) is 7.27. The first-order chi connectivity index (χ1) is 9.81. The molecule has 1 fully saturated rings. The van der Waals surface area contributed by atoms with Crippen molar-refractivity contribution in [2.75, 3.05) is 13.1 Å². The molecule has 0 N–H and O–H groups in total. The summed E-state index contributed by atoms with van der Waals surface area (Å²) >= 11 is 2.75. The van der Waals surface area contributed by atoms with Crippen LogP contribution in [0.15, 0.2) is 16.6 Å². The molecule has 0 saturated carbocycles. The SMILES string of the molecule is N#CC1CCN(Cc2cc(C(F)(F)F)c(Br)cc2F)CC1. The number of nitrogens with zero attached hydrogens (tertiary/aromatic N) is 2. The van der Waals surface area contributed by atoms with Gasteiger partial charge in [-0.3, -0.25) is 4.90 Å². The molecule has 1 heterocycles. The predicted molar refractivity (Wildman–Crippen MR) is 72.7 cm³/mol. The predicted octanol–water partition coefficient (Wildman–Crippen LogP) is 4.34. The van der Waals surface area contributed by atoms with E-state index in [1.807, 2.05) is 4.90 Å². The molecule has 1 aliphatic rings. The summed E-state index contributed by atoms with van der Waals surface area (Å²) in [7, 11) is 0. The quantitative estimate of drug-likeness (QED) is 0.729. The Bertz CT molecular complexity index is 557.